The predicted octanol–water partition coefficient (Wildman–Crippen LogP) is 3.90. The van der Waals surface area contributed by atoms with Crippen molar-refractivity contribution in [2.24, 2.45) is 0 Å². The third-order valence-corrected chi connectivity index (χ3v) is 4.09. The number of rotatable bonds is 6. The minimum absolute atomic E-state index is 0.0600. The van der Waals surface area contributed by atoms with Crippen LogP contribution in [0, 0.1) is 6.92 Å². The molecule has 2 rings (SSSR count). The summed E-state index contributed by atoms with van der Waals surface area (Å²) in [7, 11) is 0. The minimum Gasteiger partial charge on any atom is -0.359 e. The zero-order chi connectivity index (χ0) is 15.4. The molecule has 0 spiro atoms. The van der Waals surface area contributed by atoms with E-state index >= 15 is 0 Å². The Morgan fingerprint density at radius 3 is 2.81 bits per heavy atom. The summed E-state index contributed by atoms with van der Waals surface area (Å²) in [4.78, 5) is 17.2. The fraction of sp³-hybridized carbons (Fsp3) is 0.500. The van der Waals surface area contributed by atoms with Crippen molar-refractivity contribution in [3.05, 3.63) is 33.6 Å². The van der Waals surface area contributed by atoms with Crippen molar-refractivity contribution >= 4 is 16.5 Å². The summed E-state index contributed by atoms with van der Waals surface area (Å²) < 4.78 is 1.85. The van der Waals surface area contributed by atoms with Gasteiger partial charge in [-0.25, -0.2) is 4.98 Å². The lowest BCUT2D eigenvalue weighted by atomic mass is 10.2. The van der Waals surface area contributed by atoms with Crippen LogP contribution in [-0.4, -0.2) is 15.6 Å². The first kappa shape index (κ1) is 15.8. The maximum atomic E-state index is 12.6. The van der Waals surface area contributed by atoms with Gasteiger partial charge in [-0.2, -0.15) is 0 Å². The SMILES string of the molecule is CCCCn1c(C)ccc(-c2csc(NC(C)C)n2)c1=O. The molecule has 1 N–H and O–H groups in total. The van der Waals surface area contributed by atoms with E-state index in [9.17, 15) is 4.79 Å². The molecule has 0 bridgehead atoms. The molecule has 0 saturated heterocycles. The molecule has 0 atom stereocenters. The fourth-order valence-electron chi connectivity index (χ4n) is 2.17. The molecule has 0 aliphatic carbocycles. The number of pyridine rings is 1. The van der Waals surface area contributed by atoms with Gasteiger partial charge in [-0.3, -0.25) is 4.79 Å². The van der Waals surface area contributed by atoms with E-state index in [0.29, 0.717) is 11.6 Å². The monoisotopic (exact) mass is 305 g/mol. The van der Waals surface area contributed by atoms with E-state index in [-0.39, 0.29) is 5.56 Å². The van der Waals surface area contributed by atoms with Gasteiger partial charge < -0.3 is 9.88 Å². The van der Waals surface area contributed by atoms with Crippen LogP contribution in [-0.2, 0) is 6.54 Å². The van der Waals surface area contributed by atoms with Crippen LogP contribution >= 0.6 is 11.3 Å². The average Bonchev–Trinajstić information content (AvgIpc) is 2.86. The van der Waals surface area contributed by atoms with E-state index in [4.69, 9.17) is 0 Å². The minimum atomic E-state index is 0.0600. The fourth-order valence-corrected chi connectivity index (χ4v) is 3.03. The molecule has 21 heavy (non-hydrogen) atoms. The van der Waals surface area contributed by atoms with Gasteiger partial charge in [-0.1, -0.05) is 13.3 Å². The number of aromatic nitrogens is 2. The predicted molar refractivity (Wildman–Crippen MR) is 90.2 cm³/mol. The van der Waals surface area contributed by atoms with Crippen LogP contribution in [0.5, 0.6) is 0 Å². The maximum Gasteiger partial charge on any atom is 0.260 e. The Labute approximate surface area is 129 Å². The normalized spacial score (nSPS) is 11.1. The van der Waals surface area contributed by atoms with Gasteiger partial charge in [0.1, 0.15) is 0 Å². The third kappa shape index (κ3) is 3.73. The Morgan fingerprint density at radius 1 is 1.38 bits per heavy atom. The number of hydrogen-bond acceptors (Lipinski definition) is 4. The molecule has 2 heterocycles. The maximum absolute atomic E-state index is 12.6. The van der Waals surface area contributed by atoms with Crippen molar-refractivity contribution in [2.75, 3.05) is 5.32 Å². The molecule has 0 aliphatic heterocycles. The highest BCUT2D eigenvalue weighted by atomic mass is 32.1. The molecule has 0 aromatic carbocycles. The summed E-state index contributed by atoms with van der Waals surface area (Å²) in [6.45, 7) is 9.04. The van der Waals surface area contributed by atoms with Crippen molar-refractivity contribution in [3.8, 4) is 11.3 Å². The molecule has 0 unspecified atom stereocenters. The van der Waals surface area contributed by atoms with E-state index in [1.54, 1.807) is 0 Å². The first-order valence-electron chi connectivity index (χ1n) is 7.45. The average molecular weight is 305 g/mol. The van der Waals surface area contributed by atoms with Crippen LogP contribution in [0.3, 0.4) is 0 Å². The first-order valence-corrected chi connectivity index (χ1v) is 8.33. The van der Waals surface area contributed by atoms with Crippen LogP contribution in [0.4, 0.5) is 5.13 Å². The van der Waals surface area contributed by atoms with Crippen molar-refractivity contribution in [1.82, 2.24) is 9.55 Å². The summed E-state index contributed by atoms with van der Waals surface area (Å²) in [6, 6.07) is 4.22. The lowest BCUT2D eigenvalue weighted by molar-refractivity contribution is 0.600. The second kappa shape index (κ2) is 6.89. The topological polar surface area (TPSA) is 46.9 Å². The summed E-state index contributed by atoms with van der Waals surface area (Å²) in [5, 5.41) is 6.08. The van der Waals surface area contributed by atoms with E-state index in [0.717, 1.165) is 35.9 Å². The molecular formula is C16H23N3OS. The second-order valence-electron chi connectivity index (χ2n) is 5.54. The van der Waals surface area contributed by atoms with Gasteiger partial charge in [0.05, 0.1) is 11.3 Å². The molecule has 0 aliphatic rings. The summed E-state index contributed by atoms with van der Waals surface area (Å²) in [5.41, 5.74) is 2.51. The zero-order valence-electron chi connectivity index (χ0n) is 13.1. The number of nitrogens with zero attached hydrogens (tertiary/aromatic N) is 2. The summed E-state index contributed by atoms with van der Waals surface area (Å²) in [6.07, 6.45) is 2.09. The van der Waals surface area contributed by atoms with Crippen LogP contribution < -0.4 is 10.9 Å². The Morgan fingerprint density at radius 2 is 2.14 bits per heavy atom. The van der Waals surface area contributed by atoms with Crippen LogP contribution in [0.2, 0.25) is 0 Å². The Balaban J connectivity index is 2.35. The lowest BCUT2D eigenvalue weighted by Crippen LogP contribution is -2.23. The van der Waals surface area contributed by atoms with Crippen molar-refractivity contribution in [3.63, 3.8) is 0 Å². The molecule has 2 aromatic heterocycles. The number of anilines is 1. The number of thiazole rings is 1. The van der Waals surface area contributed by atoms with Gasteiger partial charge >= 0.3 is 0 Å². The highest BCUT2D eigenvalue weighted by Gasteiger charge is 2.12. The van der Waals surface area contributed by atoms with E-state index < -0.39 is 0 Å². The van der Waals surface area contributed by atoms with Crippen molar-refractivity contribution < 1.29 is 0 Å². The highest BCUT2D eigenvalue weighted by Crippen LogP contribution is 2.23. The van der Waals surface area contributed by atoms with Gasteiger partial charge in [0.2, 0.25) is 0 Å². The van der Waals surface area contributed by atoms with Gasteiger partial charge in [0.25, 0.3) is 5.56 Å². The Hall–Kier alpha value is -1.62. The van der Waals surface area contributed by atoms with Crippen molar-refractivity contribution in [2.45, 2.75) is 53.1 Å². The molecule has 0 fully saturated rings. The number of nitrogens with one attached hydrogen (secondary N) is 1. The number of aryl methyl sites for hydroxylation is 1. The number of unbranched alkanes of at least 4 members (excludes halogenated alkanes) is 1. The summed E-state index contributed by atoms with van der Waals surface area (Å²) in [5.74, 6) is 0. The highest BCUT2D eigenvalue weighted by molar-refractivity contribution is 7.14. The second-order valence-corrected chi connectivity index (χ2v) is 6.39. The molecule has 0 amide bonds. The van der Waals surface area contributed by atoms with Gasteiger partial charge in [0, 0.05) is 23.7 Å². The van der Waals surface area contributed by atoms with E-state index in [1.807, 2.05) is 29.0 Å². The lowest BCUT2D eigenvalue weighted by Gasteiger charge is -2.10. The van der Waals surface area contributed by atoms with Gasteiger partial charge in [-0.05, 0) is 39.3 Å². The molecule has 2 aromatic rings. The summed E-state index contributed by atoms with van der Waals surface area (Å²) >= 11 is 1.54. The largest absolute Gasteiger partial charge is 0.359 e. The van der Waals surface area contributed by atoms with Gasteiger partial charge in [-0.15, -0.1) is 11.3 Å². The standard InChI is InChI=1S/C16H23N3OS/c1-5-6-9-19-12(4)7-8-13(15(19)20)14-10-21-16(18-14)17-11(2)3/h7-8,10-11H,5-6,9H2,1-4H3,(H,17,18). The number of hydrogen-bond donors (Lipinski definition) is 1. The van der Waals surface area contributed by atoms with Crippen LogP contribution in [0.15, 0.2) is 22.3 Å². The van der Waals surface area contributed by atoms with Gasteiger partial charge in [0.15, 0.2) is 5.13 Å². The molecule has 0 saturated carbocycles. The first-order chi connectivity index (χ1) is 10.0. The molecule has 114 valence electrons. The quantitative estimate of drug-likeness (QED) is 0.880. The van der Waals surface area contributed by atoms with E-state index in [1.165, 1.54) is 11.3 Å². The zero-order valence-corrected chi connectivity index (χ0v) is 14.0. The smallest absolute Gasteiger partial charge is 0.260 e. The molecule has 0 radical (unpaired) electrons. The van der Waals surface area contributed by atoms with E-state index in [2.05, 4.69) is 31.1 Å². The molecular weight excluding hydrogens is 282 g/mol. The Bertz CT molecular complexity index is 658. The molecule has 5 heteroatoms. The van der Waals surface area contributed by atoms with Crippen LogP contribution in [0.1, 0.15) is 39.3 Å². The molecule has 4 nitrogen and oxygen atoms in total. The van der Waals surface area contributed by atoms with Crippen molar-refractivity contribution in [1.29, 1.82) is 0 Å². The third-order valence-electron chi connectivity index (χ3n) is 3.32. The van der Waals surface area contributed by atoms with Crippen LogP contribution in [0.25, 0.3) is 11.3 Å². The Kier molecular flexibility index (Phi) is 5.17.